The Kier molecular flexibility index (Phi) is 5.79. The molecule has 0 bridgehead atoms. The van der Waals surface area contributed by atoms with Crippen LogP contribution in [0.4, 0.5) is 4.79 Å². The van der Waals surface area contributed by atoms with E-state index in [1.54, 1.807) is 0 Å². The first-order valence-electron chi connectivity index (χ1n) is 8.31. The van der Waals surface area contributed by atoms with Crippen molar-refractivity contribution in [2.24, 2.45) is 0 Å². The number of nitrogens with one attached hydrogen (secondary N) is 3. The molecular formula is C18H26N3O4+. The smallest absolute Gasteiger partial charge is 0.365 e. The number of amides is 3. The van der Waals surface area contributed by atoms with E-state index in [-0.39, 0.29) is 12.5 Å². The molecule has 1 aliphatic rings. The number of rotatable bonds is 3. The van der Waals surface area contributed by atoms with Gasteiger partial charge in [-0.15, -0.1) is 0 Å². The number of esters is 1. The van der Waals surface area contributed by atoms with Gasteiger partial charge in [-0.05, 0) is 26.3 Å². The zero-order valence-corrected chi connectivity index (χ0v) is 15.1. The van der Waals surface area contributed by atoms with E-state index in [0.29, 0.717) is 13.0 Å². The summed E-state index contributed by atoms with van der Waals surface area (Å²) >= 11 is 0. The highest BCUT2D eigenvalue weighted by molar-refractivity contribution is 5.95. The lowest BCUT2D eigenvalue weighted by Crippen LogP contribution is -3.17. The highest BCUT2D eigenvalue weighted by atomic mass is 16.5. The Balaban J connectivity index is 2.06. The van der Waals surface area contributed by atoms with Gasteiger partial charge in [0.1, 0.15) is 6.54 Å². The minimum absolute atomic E-state index is 0.0195. The van der Waals surface area contributed by atoms with Crippen molar-refractivity contribution in [2.75, 3.05) is 13.7 Å². The van der Waals surface area contributed by atoms with Crippen LogP contribution in [0.25, 0.3) is 0 Å². The Bertz CT molecular complexity index is 667. The van der Waals surface area contributed by atoms with Crippen LogP contribution in [0, 0.1) is 0 Å². The zero-order valence-electron chi connectivity index (χ0n) is 15.1. The molecule has 2 atom stereocenters. The number of urea groups is 1. The van der Waals surface area contributed by atoms with Gasteiger partial charge < -0.3 is 15.0 Å². The van der Waals surface area contributed by atoms with Crippen LogP contribution in [0.15, 0.2) is 24.3 Å². The molecule has 7 nitrogen and oxygen atoms in total. The number of fused-ring (bicyclic) bond motifs is 1. The third kappa shape index (κ3) is 5.29. The SMILES string of the molecule is COC(=O)[C@@H]1Cc2ccccc2C[NH+]1CC(=O)NC(=O)NC(C)(C)C. The molecule has 0 radical (unpaired) electrons. The molecule has 1 heterocycles. The lowest BCUT2D eigenvalue weighted by molar-refractivity contribution is -0.924. The zero-order chi connectivity index (χ0) is 18.6. The van der Waals surface area contributed by atoms with Crippen molar-refractivity contribution in [1.82, 2.24) is 10.6 Å². The molecule has 1 unspecified atom stereocenters. The van der Waals surface area contributed by atoms with Gasteiger partial charge in [0, 0.05) is 17.5 Å². The molecule has 0 fully saturated rings. The minimum atomic E-state index is -0.538. The van der Waals surface area contributed by atoms with Crippen LogP contribution in [-0.4, -0.2) is 43.1 Å². The number of ether oxygens (including phenoxy) is 1. The Morgan fingerprint density at radius 3 is 2.44 bits per heavy atom. The van der Waals surface area contributed by atoms with E-state index in [9.17, 15) is 14.4 Å². The molecule has 1 aromatic rings. The fraction of sp³-hybridized carbons (Fsp3) is 0.500. The Labute approximate surface area is 147 Å². The van der Waals surface area contributed by atoms with Crippen molar-refractivity contribution in [1.29, 1.82) is 0 Å². The van der Waals surface area contributed by atoms with Crippen molar-refractivity contribution in [3.63, 3.8) is 0 Å². The summed E-state index contributed by atoms with van der Waals surface area (Å²) in [6, 6.07) is 6.85. The third-order valence-electron chi connectivity index (χ3n) is 4.07. The third-order valence-corrected chi connectivity index (χ3v) is 4.07. The molecule has 1 aromatic carbocycles. The normalized spacial score (nSPS) is 19.5. The molecule has 0 saturated carbocycles. The molecular weight excluding hydrogens is 322 g/mol. The summed E-state index contributed by atoms with van der Waals surface area (Å²) in [7, 11) is 1.34. The van der Waals surface area contributed by atoms with E-state index in [1.807, 2.05) is 45.0 Å². The van der Waals surface area contributed by atoms with Gasteiger partial charge in [0.25, 0.3) is 5.91 Å². The predicted molar refractivity (Wildman–Crippen MR) is 91.9 cm³/mol. The van der Waals surface area contributed by atoms with E-state index >= 15 is 0 Å². The maximum Gasteiger partial charge on any atom is 0.365 e. The Morgan fingerprint density at radius 2 is 1.84 bits per heavy atom. The lowest BCUT2D eigenvalue weighted by Gasteiger charge is -2.31. The molecule has 1 aliphatic heterocycles. The number of hydrogen-bond acceptors (Lipinski definition) is 4. The molecule has 3 amide bonds. The maximum atomic E-state index is 12.2. The quantitative estimate of drug-likeness (QED) is 0.660. The first kappa shape index (κ1) is 18.9. The summed E-state index contributed by atoms with van der Waals surface area (Å²) in [5.41, 5.74) is 1.76. The van der Waals surface area contributed by atoms with Crippen molar-refractivity contribution in [3.8, 4) is 0 Å². The van der Waals surface area contributed by atoms with E-state index in [1.165, 1.54) is 7.11 Å². The predicted octanol–water partition coefficient (Wildman–Crippen LogP) is -0.206. The average Bonchev–Trinajstić information content (AvgIpc) is 2.51. The highest BCUT2D eigenvalue weighted by Gasteiger charge is 2.37. The second kappa shape index (κ2) is 7.65. The van der Waals surface area contributed by atoms with Crippen LogP contribution < -0.4 is 15.5 Å². The van der Waals surface area contributed by atoms with Crippen LogP contribution in [0.3, 0.4) is 0 Å². The largest absolute Gasteiger partial charge is 0.465 e. The fourth-order valence-corrected chi connectivity index (χ4v) is 2.99. The summed E-state index contributed by atoms with van der Waals surface area (Å²) < 4.78 is 4.89. The topological polar surface area (TPSA) is 88.9 Å². The summed E-state index contributed by atoms with van der Waals surface area (Å²) in [6.07, 6.45) is 0.514. The van der Waals surface area contributed by atoms with E-state index in [4.69, 9.17) is 4.74 Å². The summed E-state index contributed by atoms with van der Waals surface area (Å²) in [4.78, 5) is 37.0. The van der Waals surface area contributed by atoms with Crippen LogP contribution in [0.2, 0.25) is 0 Å². The van der Waals surface area contributed by atoms with Gasteiger partial charge in [0.05, 0.1) is 7.11 Å². The molecule has 136 valence electrons. The second-order valence-electron chi connectivity index (χ2n) is 7.31. The number of quaternary nitrogens is 1. The van der Waals surface area contributed by atoms with Gasteiger partial charge >= 0.3 is 12.0 Å². The minimum Gasteiger partial charge on any atom is -0.465 e. The highest BCUT2D eigenvalue weighted by Crippen LogP contribution is 2.14. The van der Waals surface area contributed by atoms with Gasteiger partial charge in [0.15, 0.2) is 12.6 Å². The first-order chi connectivity index (χ1) is 11.7. The number of benzene rings is 1. The maximum absolute atomic E-state index is 12.2. The van der Waals surface area contributed by atoms with Crippen molar-refractivity contribution < 1.29 is 24.0 Å². The molecule has 0 spiro atoms. The van der Waals surface area contributed by atoms with Crippen LogP contribution in [0.1, 0.15) is 31.9 Å². The first-order valence-corrected chi connectivity index (χ1v) is 8.31. The summed E-state index contributed by atoms with van der Waals surface area (Å²) in [5.74, 6) is -0.776. The molecule has 0 saturated heterocycles. The van der Waals surface area contributed by atoms with Gasteiger partial charge in [-0.3, -0.25) is 10.1 Å². The molecule has 0 aliphatic carbocycles. The fourth-order valence-electron chi connectivity index (χ4n) is 2.99. The molecule has 7 heteroatoms. The second-order valence-corrected chi connectivity index (χ2v) is 7.31. The number of carbonyl (C=O) groups is 3. The van der Waals surface area contributed by atoms with Gasteiger partial charge in [-0.2, -0.15) is 0 Å². The van der Waals surface area contributed by atoms with Crippen LogP contribution >= 0.6 is 0 Å². The monoisotopic (exact) mass is 348 g/mol. The Hall–Kier alpha value is -2.41. The summed E-state index contributed by atoms with van der Waals surface area (Å²) in [6.45, 7) is 6.04. The molecule has 0 aromatic heterocycles. The standard InChI is InChI=1S/C18H25N3O4/c1-18(2,3)20-17(24)19-15(22)11-21-10-13-8-6-5-7-12(13)9-14(21)16(23)25-4/h5-8,14H,9-11H2,1-4H3,(H2,19,20,22,24)/p+1/t14-/m0/s1. The number of carbonyl (C=O) groups excluding carboxylic acids is 3. The number of methoxy groups -OCH3 is 1. The molecule has 25 heavy (non-hydrogen) atoms. The van der Waals surface area contributed by atoms with Crippen LogP contribution in [0.5, 0.6) is 0 Å². The van der Waals surface area contributed by atoms with Crippen molar-refractivity contribution in [3.05, 3.63) is 35.4 Å². The average molecular weight is 348 g/mol. The van der Waals surface area contributed by atoms with Crippen molar-refractivity contribution in [2.45, 2.75) is 45.3 Å². The van der Waals surface area contributed by atoms with E-state index in [0.717, 1.165) is 16.0 Å². The van der Waals surface area contributed by atoms with E-state index < -0.39 is 23.5 Å². The van der Waals surface area contributed by atoms with Gasteiger partial charge in [0.2, 0.25) is 0 Å². The number of imide groups is 1. The number of hydrogen-bond donors (Lipinski definition) is 3. The summed E-state index contributed by atoms with van der Waals surface area (Å²) in [5, 5.41) is 5.00. The molecule has 3 N–H and O–H groups in total. The Morgan fingerprint density at radius 1 is 1.20 bits per heavy atom. The van der Waals surface area contributed by atoms with Gasteiger partial charge in [-0.1, -0.05) is 24.3 Å². The van der Waals surface area contributed by atoms with Crippen molar-refractivity contribution >= 4 is 17.9 Å². The van der Waals surface area contributed by atoms with Gasteiger partial charge in [-0.25, -0.2) is 9.59 Å². The lowest BCUT2D eigenvalue weighted by atomic mass is 9.94. The van der Waals surface area contributed by atoms with E-state index in [2.05, 4.69) is 10.6 Å². The van der Waals surface area contributed by atoms with Crippen LogP contribution in [-0.2, 0) is 27.3 Å². The molecule has 2 rings (SSSR count).